The molecular weight excluding hydrogens is 409 g/mol. The number of halogens is 5. The van der Waals surface area contributed by atoms with Gasteiger partial charge < -0.3 is 9.80 Å². The first-order valence-corrected chi connectivity index (χ1v) is 9.96. The summed E-state index contributed by atoms with van der Waals surface area (Å²) in [5.74, 6) is -0.428. The molecule has 0 spiro atoms. The van der Waals surface area contributed by atoms with Crippen LogP contribution in [0.2, 0.25) is 0 Å². The molecule has 1 aromatic carbocycles. The van der Waals surface area contributed by atoms with Gasteiger partial charge in [0.1, 0.15) is 4.90 Å². The Labute approximate surface area is 155 Å². The van der Waals surface area contributed by atoms with Crippen molar-refractivity contribution in [2.75, 3.05) is 22.9 Å². The van der Waals surface area contributed by atoms with Gasteiger partial charge in [-0.25, -0.2) is 15.4 Å². The number of nitrogens with one attached hydrogen (secondary N) is 1. The number of hydrogen-bond acceptors (Lipinski definition) is 6. The van der Waals surface area contributed by atoms with Crippen LogP contribution < -0.4 is 15.3 Å². The molecule has 2 fully saturated rings. The molecule has 13 heteroatoms. The van der Waals surface area contributed by atoms with Crippen LogP contribution in [-0.4, -0.2) is 46.3 Å². The number of fused-ring (bicyclic) bond motifs is 1. The van der Waals surface area contributed by atoms with Crippen molar-refractivity contribution in [2.24, 2.45) is 0 Å². The average molecular weight is 423 g/mol. The fraction of sp³-hybridized carbons (Fsp3) is 0.267. The SMILES string of the molecule is O=C(NO)c1cnc(N2C[C@@H]3C2CN3c2cccc(S(F)(F)(F)(F)F)c2)nc1. The standard InChI is InChI=1S/C15H14F5N5O2S/c16-28(17,18,19,20)11-3-1-2-10(4-11)24-7-13-12(24)8-25(13)15-21-5-9(6-22-15)14(26)23-27/h1-6,12-13,27H,7-8H2,(H,23,26)/t12-,13?/m1/s1. The third kappa shape index (κ3) is 3.09. The van der Waals surface area contributed by atoms with E-state index in [1.165, 1.54) is 23.9 Å². The quantitative estimate of drug-likeness (QED) is 0.446. The highest BCUT2D eigenvalue weighted by molar-refractivity contribution is 8.45. The Kier molecular flexibility index (Phi) is 3.49. The van der Waals surface area contributed by atoms with Gasteiger partial charge in [0.15, 0.2) is 0 Å². The molecule has 0 aliphatic carbocycles. The van der Waals surface area contributed by atoms with Crippen LogP contribution in [0.4, 0.5) is 31.1 Å². The highest BCUT2D eigenvalue weighted by Gasteiger charge is 2.65. The molecule has 28 heavy (non-hydrogen) atoms. The zero-order chi connectivity index (χ0) is 20.4. The molecule has 2 N–H and O–H groups in total. The third-order valence-corrected chi connectivity index (χ3v) is 6.01. The van der Waals surface area contributed by atoms with Crippen molar-refractivity contribution in [2.45, 2.75) is 17.0 Å². The van der Waals surface area contributed by atoms with Gasteiger partial charge in [0, 0.05) is 31.2 Å². The fourth-order valence-corrected chi connectivity index (χ4v) is 4.01. The summed E-state index contributed by atoms with van der Waals surface area (Å²) in [6.07, 6.45) is 2.46. The molecule has 0 saturated carbocycles. The maximum Gasteiger partial charge on any atom is 0.310 e. The zero-order valence-corrected chi connectivity index (χ0v) is 14.8. The number of amides is 1. The molecule has 2 aliphatic heterocycles. The summed E-state index contributed by atoms with van der Waals surface area (Å²) in [5, 5.41) is 8.56. The summed E-state index contributed by atoms with van der Waals surface area (Å²) < 4.78 is 65.1. The van der Waals surface area contributed by atoms with Crippen LogP contribution in [-0.2, 0) is 0 Å². The second-order valence-electron chi connectivity index (χ2n) is 6.62. The van der Waals surface area contributed by atoms with Crippen LogP contribution >= 0.6 is 10.2 Å². The lowest BCUT2D eigenvalue weighted by Gasteiger charge is -2.62. The van der Waals surface area contributed by atoms with Gasteiger partial charge >= 0.3 is 10.2 Å². The minimum atomic E-state index is -9.72. The molecule has 2 saturated heterocycles. The van der Waals surface area contributed by atoms with E-state index in [1.54, 1.807) is 9.80 Å². The summed E-state index contributed by atoms with van der Waals surface area (Å²) in [5.41, 5.74) is 1.61. The summed E-state index contributed by atoms with van der Waals surface area (Å²) in [6, 6.07) is 3.00. The van der Waals surface area contributed by atoms with Crippen LogP contribution in [0.5, 0.6) is 0 Å². The largest absolute Gasteiger partial charge is 0.362 e. The van der Waals surface area contributed by atoms with Gasteiger partial charge in [0.05, 0.1) is 17.6 Å². The van der Waals surface area contributed by atoms with Crippen molar-refractivity contribution in [3.05, 3.63) is 42.2 Å². The van der Waals surface area contributed by atoms with Crippen molar-refractivity contribution in [3.63, 3.8) is 0 Å². The lowest BCUT2D eigenvalue weighted by atomic mass is 9.85. The number of piperazine rings is 1. The average Bonchev–Trinajstić information content (AvgIpc) is 2.61. The summed E-state index contributed by atoms with van der Waals surface area (Å²) in [6.45, 7) is 0.730. The molecule has 0 bridgehead atoms. The number of carbonyl (C=O) groups is 1. The topological polar surface area (TPSA) is 81.6 Å². The number of aromatic nitrogens is 2. The van der Waals surface area contributed by atoms with Crippen LogP contribution in [0.25, 0.3) is 0 Å². The molecule has 1 amide bonds. The molecule has 1 unspecified atom stereocenters. The number of anilines is 2. The number of rotatable bonds is 4. The first-order chi connectivity index (χ1) is 12.9. The van der Waals surface area contributed by atoms with E-state index in [1.807, 2.05) is 0 Å². The monoisotopic (exact) mass is 423 g/mol. The number of hydrogen-bond donors (Lipinski definition) is 2. The summed E-state index contributed by atoms with van der Waals surface area (Å²) in [7, 11) is -9.72. The van der Waals surface area contributed by atoms with Gasteiger partial charge in [-0.2, -0.15) is 0 Å². The van der Waals surface area contributed by atoms with Crippen LogP contribution in [0.1, 0.15) is 10.4 Å². The Hall–Kier alpha value is -2.67. The molecule has 7 nitrogen and oxygen atoms in total. The normalized spacial score (nSPS) is 23.6. The minimum Gasteiger partial charge on any atom is -0.362 e. The van der Waals surface area contributed by atoms with Crippen molar-refractivity contribution >= 4 is 27.8 Å². The van der Waals surface area contributed by atoms with Crippen molar-refractivity contribution in [3.8, 4) is 0 Å². The second-order valence-corrected chi connectivity index (χ2v) is 9.03. The molecule has 2 aliphatic rings. The third-order valence-electron chi connectivity index (χ3n) is 4.87. The van der Waals surface area contributed by atoms with Crippen molar-refractivity contribution < 1.29 is 29.4 Å². The van der Waals surface area contributed by atoms with Gasteiger partial charge in [-0.15, -0.1) is 0 Å². The number of benzene rings is 1. The van der Waals surface area contributed by atoms with E-state index >= 15 is 0 Å². The molecule has 2 aromatic rings. The fourth-order valence-electron chi connectivity index (χ4n) is 3.33. The Bertz CT molecular complexity index is 956. The maximum absolute atomic E-state index is 13.0. The Morgan fingerprint density at radius 3 is 2.21 bits per heavy atom. The molecule has 3 heterocycles. The molecule has 152 valence electrons. The molecule has 0 radical (unpaired) electrons. The number of hydroxylamine groups is 1. The zero-order valence-electron chi connectivity index (χ0n) is 14.0. The highest BCUT2D eigenvalue weighted by atomic mass is 32.5. The summed E-state index contributed by atoms with van der Waals surface area (Å²) >= 11 is 0. The molecule has 1 aromatic heterocycles. The lowest BCUT2D eigenvalue weighted by Crippen LogP contribution is -2.79. The van der Waals surface area contributed by atoms with E-state index in [4.69, 9.17) is 5.21 Å². The van der Waals surface area contributed by atoms with Crippen LogP contribution in [0.15, 0.2) is 41.6 Å². The number of nitrogens with zero attached hydrogens (tertiary/aromatic N) is 4. The van der Waals surface area contributed by atoms with Gasteiger partial charge in [-0.05, 0) is 18.2 Å². The van der Waals surface area contributed by atoms with E-state index in [2.05, 4.69) is 9.97 Å². The van der Waals surface area contributed by atoms with Crippen LogP contribution in [0.3, 0.4) is 0 Å². The van der Waals surface area contributed by atoms with E-state index in [-0.39, 0.29) is 23.3 Å². The van der Waals surface area contributed by atoms with Gasteiger partial charge in [0.2, 0.25) is 5.95 Å². The second kappa shape index (κ2) is 5.23. The predicted octanol–water partition coefficient (Wildman–Crippen LogP) is 3.33. The number of carbonyl (C=O) groups excluding carboxylic acids is 1. The Balaban J connectivity index is 1.47. The van der Waals surface area contributed by atoms with Gasteiger partial charge in [-0.3, -0.25) is 10.0 Å². The molecular formula is C15H14F5N5O2S. The van der Waals surface area contributed by atoms with Crippen molar-refractivity contribution in [1.29, 1.82) is 0 Å². The Morgan fingerprint density at radius 2 is 1.68 bits per heavy atom. The van der Waals surface area contributed by atoms with E-state index in [0.29, 0.717) is 31.2 Å². The first kappa shape index (κ1) is 18.7. The molecule has 4 rings (SSSR count). The maximum atomic E-state index is 13.0. The summed E-state index contributed by atoms with van der Waals surface area (Å²) in [4.78, 5) is 20.8. The predicted molar refractivity (Wildman–Crippen MR) is 91.4 cm³/mol. The van der Waals surface area contributed by atoms with E-state index < -0.39 is 21.0 Å². The highest BCUT2D eigenvalue weighted by Crippen LogP contribution is 3.02. The minimum absolute atomic E-state index is 0.0615. The van der Waals surface area contributed by atoms with E-state index in [0.717, 1.165) is 6.07 Å². The van der Waals surface area contributed by atoms with Crippen molar-refractivity contribution in [1.82, 2.24) is 15.4 Å². The van der Waals surface area contributed by atoms with Gasteiger partial charge in [-0.1, -0.05) is 25.5 Å². The molecule has 2 atom stereocenters. The Morgan fingerprint density at radius 1 is 1.07 bits per heavy atom. The lowest BCUT2D eigenvalue weighted by molar-refractivity contribution is 0.0705. The van der Waals surface area contributed by atoms with Crippen LogP contribution in [0, 0.1) is 0 Å². The van der Waals surface area contributed by atoms with E-state index in [9.17, 15) is 24.2 Å². The van der Waals surface area contributed by atoms with Gasteiger partial charge in [0.25, 0.3) is 5.91 Å². The smallest absolute Gasteiger partial charge is 0.310 e. The first-order valence-electron chi connectivity index (χ1n) is 8.01.